The lowest BCUT2D eigenvalue weighted by molar-refractivity contribution is -0.113. The fraction of sp³-hybridized carbons (Fsp3) is 0.312. The van der Waals surface area contributed by atoms with E-state index >= 15 is 0 Å². The number of benzene rings is 1. The van der Waals surface area contributed by atoms with E-state index in [0.717, 1.165) is 12.1 Å². The summed E-state index contributed by atoms with van der Waals surface area (Å²) < 4.78 is 14.6. The van der Waals surface area contributed by atoms with Crippen molar-refractivity contribution in [1.29, 1.82) is 0 Å². The highest BCUT2D eigenvalue weighted by molar-refractivity contribution is 8.00. The van der Waals surface area contributed by atoms with Gasteiger partial charge in [0.2, 0.25) is 5.91 Å². The van der Waals surface area contributed by atoms with Crippen molar-refractivity contribution >= 4 is 35.1 Å². The first-order chi connectivity index (χ1) is 11.4. The number of hydrogen-bond acceptors (Lipinski definition) is 5. The van der Waals surface area contributed by atoms with E-state index in [1.807, 2.05) is 0 Å². The molecule has 0 bridgehead atoms. The van der Waals surface area contributed by atoms with Crippen LogP contribution in [0.4, 0.5) is 10.1 Å². The third-order valence-electron chi connectivity index (χ3n) is 3.52. The van der Waals surface area contributed by atoms with Gasteiger partial charge in [-0.05, 0) is 18.2 Å². The maximum Gasteiger partial charge on any atom is 0.267 e. The zero-order valence-electron chi connectivity index (χ0n) is 13.2. The molecular formula is C16H16FN3O2S2. The lowest BCUT2D eigenvalue weighted by Crippen LogP contribution is -2.23. The molecule has 24 heavy (non-hydrogen) atoms. The van der Waals surface area contributed by atoms with Gasteiger partial charge in [0, 0.05) is 24.4 Å². The number of nitrogens with zero attached hydrogens (tertiary/aromatic N) is 2. The molecule has 1 N–H and O–H groups in total. The minimum Gasteiger partial charge on any atom is -0.325 e. The molecule has 0 saturated carbocycles. The van der Waals surface area contributed by atoms with Crippen LogP contribution < -0.4 is 10.9 Å². The van der Waals surface area contributed by atoms with Gasteiger partial charge in [-0.25, -0.2) is 9.37 Å². The highest BCUT2D eigenvalue weighted by Gasteiger charge is 2.25. The third-order valence-corrected chi connectivity index (χ3v) is 5.76. The van der Waals surface area contributed by atoms with Gasteiger partial charge in [0.1, 0.15) is 5.82 Å². The van der Waals surface area contributed by atoms with E-state index in [9.17, 15) is 14.0 Å². The van der Waals surface area contributed by atoms with Crippen LogP contribution in [0.3, 0.4) is 0 Å². The van der Waals surface area contributed by atoms with Crippen molar-refractivity contribution in [3.8, 4) is 0 Å². The van der Waals surface area contributed by atoms with Gasteiger partial charge in [0.05, 0.1) is 16.3 Å². The Kier molecular flexibility index (Phi) is 4.96. The average Bonchev–Trinajstić information content (AvgIpc) is 2.90. The van der Waals surface area contributed by atoms with Crippen LogP contribution in [-0.4, -0.2) is 26.5 Å². The molecule has 126 valence electrons. The van der Waals surface area contributed by atoms with E-state index < -0.39 is 5.82 Å². The maximum absolute atomic E-state index is 13.1. The minimum atomic E-state index is -0.408. The molecule has 2 aromatic rings. The number of hydrogen-bond donors (Lipinski definition) is 1. The minimum absolute atomic E-state index is 0.0672. The van der Waals surface area contributed by atoms with E-state index in [1.54, 1.807) is 24.9 Å². The van der Waals surface area contributed by atoms with Gasteiger partial charge >= 0.3 is 0 Å². The number of anilines is 1. The Morgan fingerprint density at radius 2 is 2.33 bits per heavy atom. The molecular weight excluding hydrogens is 349 g/mol. The van der Waals surface area contributed by atoms with Gasteiger partial charge < -0.3 is 5.32 Å². The van der Waals surface area contributed by atoms with Gasteiger partial charge in [0.15, 0.2) is 5.16 Å². The van der Waals surface area contributed by atoms with Crippen LogP contribution in [0, 0.1) is 5.82 Å². The van der Waals surface area contributed by atoms with Crippen LogP contribution in [0.5, 0.6) is 0 Å². The highest BCUT2D eigenvalue weighted by Crippen LogP contribution is 2.33. The highest BCUT2D eigenvalue weighted by atomic mass is 32.2. The molecule has 1 aliphatic rings. The second-order valence-electron chi connectivity index (χ2n) is 5.51. The number of aromatic nitrogens is 2. The molecule has 8 heteroatoms. The normalized spacial score (nSPS) is 16.0. The van der Waals surface area contributed by atoms with Crippen LogP contribution in [0.15, 0.2) is 39.1 Å². The summed E-state index contributed by atoms with van der Waals surface area (Å²) in [7, 11) is 1.66. The molecule has 0 spiro atoms. The summed E-state index contributed by atoms with van der Waals surface area (Å²) in [4.78, 5) is 29.6. The number of carbonyl (C=O) groups is 1. The van der Waals surface area contributed by atoms with Crippen molar-refractivity contribution in [3.05, 3.63) is 46.1 Å². The average molecular weight is 365 g/mol. The lowest BCUT2D eigenvalue weighted by atomic mass is 10.2. The molecule has 1 aromatic heterocycles. The number of halogens is 1. The molecule has 0 fully saturated rings. The lowest BCUT2D eigenvalue weighted by Gasteiger charge is -2.09. The van der Waals surface area contributed by atoms with Crippen LogP contribution in [0.2, 0.25) is 0 Å². The smallest absolute Gasteiger partial charge is 0.267 e. The Bertz CT molecular complexity index is 854. The summed E-state index contributed by atoms with van der Waals surface area (Å²) in [6, 6.07) is 5.72. The van der Waals surface area contributed by atoms with Crippen molar-refractivity contribution in [2.75, 3.05) is 11.1 Å². The Balaban J connectivity index is 1.69. The SMILES string of the molecule is CC1Cc2nc(SCC(=O)Nc3cccc(F)c3)n(C)c(=O)c2S1. The fourth-order valence-electron chi connectivity index (χ4n) is 2.40. The Morgan fingerprint density at radius 3 is 3.08 bits per heavy atom. The van der Waals surface area contributed by atoms with E-state index in [4.69, 9.17) is 0 Å². The second kappa shape index (κ2) is 6.98. The number of fused-ring (bicyclic) bond motifs is 1. The van der Waals surface area contributed by atoms with Gasteiger partial charge in [-0.2, -0.15) is 0 Å². The van der Waals surface area contributed by atoms with Crippen LogP contribution >= 0.6 is 23.5 Å². The van der Waals surface area contributed by atoms with E-state index in [2.05, 4.69) is 17.2 Å². The van der Waals surface area contributed by atoms with Crippen molar-refractivity contribution in [2.24, 2.45) is 7.05 Å². The number of amides is 1. The molecule has 1 aromatic carbocycles. The first-order valence-electron chi connectivity index (χ1n) is 7.39. The first kappa shape index (κ1) is 17.0. The Morgan fingerprint density at radius 1 is 1.54 bits per heavy atom. The number of thioether (sulfide) groups is 2. The van der Waals surface area contributed by atoms with Crippen molar-refractivity contribution in [3.63, 3.8) is 0 Å². The van der Waals surface area contributed by atoms with Crippen molar-refractivity contribution < 1.29 is 9.18 Å². The molecule has 1 unspecified atom stereocenters. The van der Waals surface area contributed by atoms with Crippen molar-refractivity contribution in [2.45, 2.75) is 28.6 Å². The molecule has 1 aliphatic heterocycles. The molecule has 1 atom stereocenters. The quantitative estimate of drug-likeness (QED) is 0.667. The second-order valence-corrected chi connectivity index (χ2v) is 7.91. The Hall–Kier alpha value is -1.80. The molecule has 2 heterocycles. The predicted molar refractivity (Wildman–Crippen MR) is 94.3 cm³/mol. The van der Waals surface area contributed by atoms with Gasteiger partial charge in [-0.1, -0.05) is 24.8 Å². The molecule has 5 nitrogen and oxygen atoms in total. The fourth-order valence-corrected chi connectivity index (χ4v) is 4.33. The van der Waals surface area contributed by atoms with Crippen LogP contribution in [0.1, 0.15) is 12.6 Å². The van der Waals surface area contributed by atoms with Crippen LogP contribution in [0.25, 0.3) is 0 Å². The molecule has 0 saturated heterocycles. The zero-order valence-corrected chi connectivity index (χ0v) is 14.8. The molecule has 1 amide bonds. The molecule has 3 rings (SSSR count). The van der Waals surface area contributed by atoms with Crippen LogP contribution in [-0.2, 0) is 18.3 Å². The summed E-state index contributed by atoms with van der Waals surface area (Å²) in [6.45, 7) is 2.06. The van der Waals surface area contributed by atoms with Crippen molar-refractivity contribution in [1.82, 2.24) is 9.55 Å². The topological polar surface area (TPSA) is 64.0 Å². The summed E-state index contributed by atoms with van der Waals surface area (Å²) >= 11 is 2.74. The summed E-state index contributed by atoms with van der Waals surface area (Å²) in [5, 5.41) is 3.49. The molecule has 0 radical (unpaired) electrons. The third kappa shape index (κ3) is 3.64. The maximum atomic E-state index is 13.1. The standard InChI is InChI=1S/C16H16FN3O2S2/c1-9-6-12-14(24-9)15(22)20(2)16(19-12)23-8-13(21)18-11-5-3-4-10(17)7-11/h3-5,7,9H,6,8H2,1-2H3,(H,18,21). The summed E-state index contributed by atoms with van der Waals surface area (Å²) in [6.07, 6.45) is 0.763. The predicted octanol–water partition coefficient (Wildman–Crippen LogP) is 2.69. The Labute approximate surface area is 147 Å². The summed E-state index contributed by atoms with van der Waals surface area (Å²) in [5.74, 6) is -0.587. The van der Waals surface area contributed by atoms with E-state index in [-0.39, 0.29) is 17.2 Å². The van der Waals surface area contributed by atoms with E-state index in [1.165, 1.54) is 34.5 Å². The summed E-state index contributed by atoms with van der Waals surface area (Å²) in [5.41, 5.74) is 1.15. The van der Waals surface area contributed by atoms with Gasteiger partial charge in [-0.15, -0.1) is 11.8 Å². The van der Waals surface area contributed by atoms with E-state index in [0.29, 0.717) is 21.0 Å². The van der Waals surface area contributed by atoms with Gasteiger partial charge in [0.25, 0.3) is 5.56 Å². The zero-order chi connectivity index (χ0) is 17.3. The monoisotopic (exact) mass is 365 g/mol. The first-order valence-corrected chi connectivity index (χ1v) is 9.25. The number of carbonyl (C=O) groups excluding carboxylic acids is 1. The number of rotatable bonds is 4. The molecule has 0 aliphatic carbocycles. The van der Waals surface area contributed by atoms with Gasteiger partial charge in [-0.3, -0.25) is 14.2 Å². The largest absolute Gasteiger partial charge is 0.325 e. The number of nitrogens with one attached hydrogen (secondary N) is 1.